The molecule has 0 aliphatic carbocycles. The Balaban J connectivity index is 0.00000147. The van der Waals surface area contributed by atoms with Crippen molar-refractivity contribution in [3.05, 3.63) is 24.3 Å². The van der Waals surface area contributed by atoms with Crippen LogP contribution in [-0.4, -0.2) is 38.7 Å². The highest BCUT2D eigenvalue weighted by Crippen LogP contribution is 2.21. The molecule has 1 N–H and O–H groups in total. The fourth-order valence-electron chi connectivity index (χ4n) is 2.29. The number of furan rings is 1. The molecule has 1 aliphatic rings. The molecule has 3 rings (SSSR count). The standard InChI is InChI=1S/C12H13N3O4.ClH/c16-12(17)8-3-1-5-15(8)7-10-13-11(14-19-10)9-4-2-6-18-9;/h2,4,6,8H,1,3,5,7H2,(H,16,17);1H. The van der Waals surface area contributed by atoms with Gasteiger partial charge < -0.3 is 14.0 Å². The molecule has 1 saturated heterocycles. The van der Waals surface area contributed by atoms with E-state index in [4.69, 9.17) is 14.0 Å². The second kappa shape index (κ2) is 6.06. The minimum absolute atomic E-state index is 0. The number of halogens is 1. The third kappa shape index (κ3) is 2.83. The summed E-state index contributed by atoms with van der Waals surface area (Å²) in [6.45, 7) is 1.08. The zero-order chi connectivity index (χ0) is 13.2. The Morgan fingerprint density at radius 2 is 2.40 bits per heavy atom. The van der Waals surface area contributed by atoms with Gasteiger partial charge in [0.2, 0.25) is 11.7 Å². The third-order valence-electron chi connectivity index (χ3n) is 3.20. The maximum atomic E-state index is 11.1. The molecule has 3 heterocycles. The van der Waals surface area contributed by atoms with E-state index in [2.05, 4.69) is 10.1 Å². The van der Waals surface area contributed by atoms with Crippen LogP contribution in [0.25, 0.3) is 11.6 Å². The lowest BCUT2D eigenvalue weighted by Crippen LogP contribution is -2.35. The summed E-state index contributed by atoms with van der Waals surface area (Å²) >= 11 is 0. The largest absolute Gasteiger partial charge is 0.480 e. The highest BCUT2D eigenvalue weighted by Gasteiger charge is 2.31. The van der Waals surface area contributed by atoms with Crippen LogP contribution in [0.5, 0.6) is 0 Å². The molecule has 0 amide bonds. The van der Waals surface area contributed by atoms with Gasteiger partial charge in [-0.25, -0.2) is 0 Å². The monoisotopic (exact) mass is 299 g/mol. The van der Waals surface area contributed by atoms with E-state index in [1.54, 1.807) is 12.1 Å². The molecule has 2 aromatic heterocycles. The SMILES string of the molecule is Cl.O=C(O)C1CCCN1Cc1nc(-c2ccco2)no1. The zero-order valence-corrected chi connectivity index (χ0v) is 11.4. The van der Waals surface area contributed by atoms with Crippen LogP contribution in [0.3, 0.4) is 0 Å². The van der Waals surface area contributed by atoms with Crippen LogP contribution in [0.15, 0.2) is 27.3 Å². The first-order valence-corrected chi connectivity index (χ1v) is 6.07. The average Bonchev–Trinajstić information content (AvgIpc) is 3.09. The smallest absolute Gasteiger partial charge is 0.320 e. The molecule has 108 valence electrons. The summed E-state index contributed by atoms with van der Waals surface area (Å²) in [4.78, 5) is 17.1. The van der Waals surface area contributed by atoms with Gasteiger partial charge in [-0.3, -0.25) is 9.69 Å². The minimum Gasteiger partial charge on any atom is -0.480 e. The molecule has 1 fully saturated rings. The summed E-state index contributed by atoms with van der Waals surface area (Å²) in [6, 6.07) is 3.02. The number of carboxylic acids is 1. The number of likely N-dealkylation sites (tertiary alicyclic amines) is 1. The van der Waals surface area contributed by atoms with E-state index in [9.17, 15) is 4.79 Å². The normalized spacial score (nSPS) is 18.9. The molecule has 0 saturated carbocycles. The van der Waals surface area contributed by atoms with E-state index in [-0.39, 0.29) is 12.4 Å². The molecule has 1 aliphatic heterocycles. The fourth-order valence-corrected chi connectivity index (χ4v) is 2.29. The van der Waals surface area contributed by atoms with Crippen LogP contribution in [-0.2, 0) is 11.3 Å². The van der Waals surface area contributed by atoms with Gasteiger partial charge in [0.05, 0.1) is 12.8 Å². The average molecular weight is 300 g/mol. The molecule has 20 heavy (non-hydrogen) atoms. The van der Waals surface area contributed by atoms with Gasteiger partial charge in [0.25, 0.3) is 0 Å². The maximum Gasteiger partial charge on any atom is 0.320 e. The molecule has 0 spiro atoms. The summed E-state index contributed by atoms with van der Waals surface area (Å²) in [5.74, 6) is 0.514. The Hall–Kier alpha value is -1.86. The predicted octanol–water partition coefficient (Wildman–Crippen LogP) is 1.80. The van der Waals surface area contributed by atoms with E-state index in [1.165, 1.54) is 6.26 Å². The quantitative estimate of drug-likeness (QED) is 0.920. The van der Waals surface area contributed by atoms with Gasteiger partial charge in [0.15, 0.2) is 5.76 Å². The van der Waals surface area contributed by atoms with Crippen molar-refractivity contribution in [3.8, 4) is 11.6 Å². The molecule has 0 bridgehead atoms. The van der Waals surface area contributed by atoms with Crippen molar-refractivity contribution >= 4 is 18.4 Å². The molecular formula is C12H14ClN3O4. The number of aromatic nitrogens is 2. The van der Waals surface area contributed by atoms with Crippen LogP contribution < -0.4 is 0 Å². The Bertz CT molecular complexity index is 569. The van der Waals surface area contributed by atoms with Crippen molar-refractivity contribution in [2.45, 2.75) is 25.4 Å². The molecule has 0 radical (unpaired) electrons. The first-order chi connectivity index (χ1) is 9.24. The Morgan fingerprint density at radius 1 is 1.55 bits per heavy atom. The highest BCUT2D eigenvalue weighted by molar-refractivity contribution is 5.85. The summed E-state index contributed by atoms with van der Waals surface area (Å²) in [5.41, 5.74) is 0. The van der Waals surface area contributed by atoms with Crippen LogP contribution in [0.4, 0.5) is 0 Å². The number of hydrogen-bond donors (Lipinski definition) is 1. The summed E-state index contributed by atoms with van der Waals surface area (Å²) < 4.78 is 10.3. The molecule has 1 atom stereocenters. The number of carboxylic acid groups (broad SMARTS) is 1. The predicted molar refractivity (Wildman–Crippen MR) is 70.3 cm³/mol. The van der Waals surface area contributed by atoms with Crippen molar-refractivity contribution < 1.29 is 18.8 Å². The van der Waals surface area contributed by atoms with Gasteiger partial charge >= 0.3 is 5.97 Å². The molecule has 2 aromatic rings. The lowest BCUT2D eigenvalue weighted by atomic mass is 10.2. The molecule has 7 nitrogen and oxygen atoms in total. The second-order valence-electron chi connectivity index (χ2n) is 4.46. The Labute approximate surface area is 121 Å². The Morgan fingerprint density at radius 3 is 3.10 bits per heavy atom. The molecule has 0 aromatic carbocycles. The first kappa shape index (κ1) is 14.5. The lowest BCUT2D eigenvalue weighted by Gasteiger charge is -2.18. The van der Waals surface area contributed by atoms with E-state index >= 15 is 0 Å². The lowest BCUT2D eigenvalue weighted by molar-refractivity contribution is -0.142. The van der Waals surface area contributed by atoms with Crippen molar-refractivity contribution in [2.75, 3.05) is 6.54 Å². The summed E-state index contributed by atoms with van der Waals surface area (Å²) in [5, 5.41) is 12.9. The zero-order valence-electron chi connectivity index (χ0n) is 10.6. The molecule has 1 unspecified atom stereocenters. The van der Waals surface area contributed by atoms with E-state index in [1.807, 2.05) is 4.90 Å². The maximum absolute atomic E-state index is 11.1. The van der Waals surface area contributed by atoms with E-state index in [0.29, 0.717) is 30.4 Å². The fraction of sp³-hybridized carbons (Fsp3) is 0.417. The molecule has 8 heteroatoms. The van der Waals surface area contributed by atoms with Gasteiger partial charge in [-0.15, -0.1) is 12.4 Å². The van der Waals surface area contributed by atoms with Gasteiger partial charge in [-0.2, -0.15) is 4.98 Å². The van der Waals surface area contributed by atoms with Crippen molar-refractivity contribution in [3.63, 3.8) is 0 Å². The van der Waals surface area contributed by atoms with Gasteiger partial charge in [0.1, 0.15) is 6.04 Å². The molecular weight excluding hydrogens is 286 g/mol. The number of nitrogens with zero attached hydrogens (tertiary/aromatic N) is 3. The van der Waals surface area contributed by atoms with Crippen molar-refractivity contribution in [2.24, 2.45) is 0 Å². The van der Waals surface area contributed by atoms with Gasteiger partial charge in [0, 0.05) is 0 Å². The van der Waals surface area contributed by atoms with Crippen LogP contribution >= 0.6 is 12.4 Å². The second-order valence-corrected chi connectivity index (χ2v) is 4.46. The van der Waals surface area contributed by atoms with Crippen molar-refractivity contribution in [1.82, 2.24) is 15.0 Å². The summed E-state index contributed by atoms with van der Waals surface area (Å²) in [6.07, 6.45) is 3.07. The van der Waals surface area contributed by atoms with Crippen LogP contribution in [0.2, 0.25) is 0 Å². The number of hydrogen-bond acceptors (Lipinski definition) is 6. The van der Waals surface area contributed by atoms with Crippen LogP contribution in [0.1, 0.15) is 18.7 Å². The number of aliphatic carboxylic acids is 1. The Kier molecular flexibility index (Phi) is 4.41. The van der Waals surface area contributed by atoms with Crippen molar-refractivity contribution in [1.29, 1.82) is 0 Å². The highest BCUT2D eigenvalue weighted by atomic mass is 35.5. The topological polar surface area (TPSA) is 92.6 Å². The van der Waals surface area contributed by atoms with Crippen LogP contribution in [0, 0.1) is 0 Å². The van der Waals surface area contributed by atoms with Gasteiger partial charge in [-0.05, 0) is 31.5 Å². The van der Waals surface area contributed by atoms with E-state index in [0.717, 1.165) is 13.0 Å². The number of rotatable bonds is 4. The summed E-state index contributed by atoms with van der Waals surface area (Å²) in [7, 11) is 0. The third-order valence-corrected chi connectivity index (χ3v) is 3.20. The first-order valence-electron chi connectivity index (χ1n) is 6.07. The minimum atomic E-state index is -0.803. The van der Waals surface area contributed by atoms with E-state index < -0.39 is 12.0 Å². The number of carbonyl (C=O) groups is 1. The van der Waals surface area contributed by atoms with Gasteiger partial charge in [-0.1, -0.05) is 5.16 Å².